The van der Waals surface area contributed by atoms with Crippen molar-refractivity contribution in [1.82, 2.24) is 14.8 Å². The Morgan fingerprint density at radius 1 is 1.11 bits per heavy atom. The topological polar surface area (TPSA) is 56.7 Å². The van der Waals surface area contributed by atoms with Crippen molar-refractivity contribution >= 4 is 16.9 Å². The number of nitrogens with two attached hydrogens (primary N) is 1. The predicted octanol–water partition coefficient (Wildman–Crippen LogP) is 1.95. The first-order valence-corrected chi connectivity index (χ1v) is 5.89. The Morgan fingerprint density at radius 3 is 2.63 bits per heavy atom. The zero-order valence-electron chi connectivity index (χ0n) is 10.5. The molecule has 0 fully saturated rings. The number of fused-ring (bicyclic) bond motifs is 1. The Labute approximate surface area is 110 Å². The first-order chi connectivity index (χ1) is 9.24. The van der Waals surface area contributed by atoms with Gasteiger partial charge in [0.15, 0.2) is 11.5 Å². The number of rotatable bonds is 0. The molecule has 4 heteroatoms. The highest BCUT2D eigenvalue weighted by atomic mass is 15.3. The maximum atomic E-state index is 5.83. The average Bonchev–Trinajstić information content (AvgIpc) is 2.73. The van der Waals surface area contributed by atoms with Crippen LogP contribution in [0.5, 0.6) is 0 Å². The lowest BCUT2D eigenvalue weighted by atomic mass is 10.2. The van der Waals surface area contributed by atoms with Crippen molar-refractivity contribution in [3.63, 3.8) is 0 Å². The smallest absolute Gasteiger partial charge is 0.159 e. The minimum Gasteiger partial charge on any atom is -0.382 e. The molecule has 0 saturated heterocycles. The third-order valence-electron chi connectivity index (χ3n) is 2.83. The van der Waals surface area contributed by atoms with Crippen LogP contribution in [-0.2, 0) is 7.05 Å². The Balaban J connectivity index is 2.03. The van der Waals surface area contributed by atoms with Crippen LogP contribution in [0.1, 0.15) is 11.1 Å². The molecule has 0 amide bonds. The molecule has 3 rings (SSSR count). The summed E-state index contributed by atoms with van der Waals surface area (Å²) in [5.74, 6) is 6.66. The van der Waals surface area contributed by atoms with Crippen LogP contribution in [0.15, 0.2) is 42.6 Å². The minimum atomic E-state index is 0.480. The van der Waals surface area contributed by atoms with Crippen molar-refractivity contribution in [2.24, 2.45) is 7.05 Å². The maximum Gasteiger partial charge on any atom is 0.159 e. The van der Waals surface area contributed by atoms with Crippen LogP contribution in [0.2, 0.25) is 0 Å². The van der Waals surface area contributed by atoms with E-state index in [4.69, 9.17) is 5.73 Å². The monoisotopic (exact) mass is 248 g/mol. The second-order valence-corrected chi connectivity index (χ2v) is 4.22. The molecule has 19 heavy (non-hydrogen) atoms. The van der Waals surface area contributed by atoms with E-state index in [1.54, 1.807) is 10.9 Å². The molecule has 0 radical (unpaired) electrons. The van der Waals surface area contributed by atoms with Crippen LogP contribution >= 0.6 is 0 Å². The molecule has 1 aromatic carbocycles. The van der Waals surface area contributed by atoms with E-state index in [1.165, 1.54) is 0 Å². The van der Waals surface area contributed by atoms with Crippen LogP contribution in [0.3, 0.4) is 0 Å². The van der Waals surface area contributed by atoms with E-state index in [9.17, 15) is 0 Å². The fraction of sp³-hybridized carbons (Fsp3) is 0.0667. The lowest BCUT2D eigenvalue weighted by Crippen LogP contribution is -1.92. The fourth-order valence-electron chi connectivity index (χ4n) is 1.90. The molecular weight excluding hydrogens is 236 g/mol. The standard InChI is InChI=1S/C15H12N4/c1-19-15-13(14(16)18-19)9-12(10-17-15)8-7-11-5-3-2-4-6-11/h2-6,9-10H,1H3,(H2,16,18). The average molecular weight is 248 g/mol. The zero-order chi connectivity index (χ0) is 13.2. The first kappa shape index (κ1) is 11.3. The Morgan fingerprint density at radius 2 is 1.84 bits per heavy atom. The number of hydrogen-bond donors (Lipinski definition) is 1. The lowest BCUT2D eigenvalue weighted by Gasteiger charge is -1.93. The molecule has 0 bridgehead atoms. The molecule has 2 heterocycles. The summed E-state index contributed by atoms with van der Waals surface area (Å²) in [5, 5.41) is 4.97. The van der Waals surface area contributed by atoms with Crippen molar-refractivity contribution in [1.29, 1.82) is 0 Å². The quantitative estimate of drug-likeness (QED) is 0.619. The number of aromatic nitrogens is 3. The van der Waals surface area contributed by atoms with E-state index in [0.717, 1.165) is 22.2 Å². The van der Waals surface area contributed by atoms with Gasteiger partial charge in [-0.25, -0.2) is 9.67 Å². The van der Waals surface area contributed by atoms with Gasteiger partial charge in [-0.2, -0.15) is 5.10 Å². The number of nitrogen functional groups attached to an aromatic ring is 1. The largest absolute Gasteiger partial charge is 0.382 e. The summed E-state index contributed by atoms with van der Waals surface area (Å²) in [4.78, 5) is 4.33. The van der Waals surface area contributed by atoms with Crippen LogP contribution in [0.25, 0.3) is 11.0 Å². The number of pyridine rings is 1. The third-order valence-corrected chi connectivity index (χ3v) is 2.83. The summed E-state index contributed by atoms with van der Waals surface area (Å²) >= 11 is 0. The van der Waals surface area contributed by atoms with Gasteiger partial charge in [0.1, 0.15) is 0 Å². The number of aryl methyl sites for hydroxylation is 1. The zero-order valence-corrected chi connectivity index (χ0v) is 10.5. The SMILES string of the molecule is Cn1nc(N)c2cc(C#Cc3ccccc3)cnc21. The van der Waals surface area contributed by atoms with E-state index < -0.39 is 0 Å². The molecule has 2 aromatic heterocycles. The second kappa shape index (κ2) is 4.46. The van der Waals surface area contributed by atoms with Crippen molar-refractivity contribution < 1.29 is 0 Å². The predicted molar refractivity (Wildman–Crippen MR) is 75.3 cm³/mol. The van der Waals surface area contributed by atoms with E-state index in [2.05, 4.69) is 21.9 Å². The summed E-state index contributed by atoms with van der Waals surface area (Å²) in [6.07, 6.45) is 1.74. The minimum absolute atomic E-state index is 0.480. The molecule has 0 aliphatic heterocycles. The van der Waals surface area contributed by atoms with E-state index in [-0.39, 0.29) is 0 Å². The molecule has 0 aliphatic rings. The van der Waals surface area contributed by atoms with Gasteiger partial charge in [-0.15, -0.1) is 0 Å². The van der Waals surface area contributed by atoms with Crippen molar-refractivity contribution in [2.75, 3.05) is 5.73 Å². The Bertz CT molecular complexity index is 791. The molecule has 2 N–H and O–H groups in total. The van der Waals surface area contributed by atoms with Gasteiger partial charge < -0.3 is 5.73 Å². The van der Waals surface area contributed by atoms with Gasteiger partial charge in [0.25, 0.3) is 0 Å². The van der Waals surface area contributed by atoms with Gasteiger partial charge in [-0.05, 0) is 18.2 Å². The van der Waals surface area contributed by atoms with Gasteiger partial charge in [0.2, 0.25) is 0 Å². The summed E-state index contributed by atoms with van der Waals surface area (Å²) in [7, 11) is 1.82. The molecule has 92 valence electrons. The summed E-state index contributed by atoms with van der Waals surface area (Å²) < 4.78 is 1.67. The van der Waals surface area contributed by atoms with Crippen LogP contribution in [0.4, 0.5) is 5.82 Å². The molecule has 0 unspecified atom stereocenters. The van der Waals surface area contributed by atoms with Crippen LogP contribution in [0, 0.1) is 11.8 Å². The van der Waals surface area contributed by atoms with Gasteiger partial charge in [0, 0.05) is 24.4 Å². The van der Waals surface area contributed by atoms with Crippen molar-refractivity contribution in [3.8, 4) is 11.8 Å². The lowest BCUT2D eigenvalue weighted by molar-refractivity contribution is 0.791. The van der Waals surface area contributed by atoms with E-state index in [1.807, 2.05) is 43.4 Å². The number of benzene rings is 1. The molecule has 0 saturated carbocycles. The van der Waals surface area contributed by atoms with E-state index in [0.29, 0.717) is 5.82 Å². The van der Waals surface area contributed by atoms with Crippen LogP contribution < -0.4 is 5.73 Å². The summed E-state index contributed by atoms with van der Waals surface area (Å²) in [6, 6.07) is 11.7. The summed E-state index contributed by atoms with van der Waals surface area (Å²) in [6.45, 7) is 0. The van der Waals surface area contributed by atoms with Crippen LogP contribution in [-0.4, -0.2) is 14.8 Å². The highest BCUT2D eigenvalue weighted by Crippen LogP contribution is 2.18. The van der Waals surface area contributed by atoms with Gasteiger partial charge >= 0.3 is 0 Å². The molecular formula is C15H12N4. The first-order valence-electron chi connectivity index (χ1n) is 5.89. The van der Waals surface area contributed by atoms with Crippen molar-refractivity contribution in [2.45, 2.75) is 0 Å². The normalized spacial score (nSPS) is 10.2. The van der Waals surface area contributed by atoms with Gasteiger partial charge in [0.05, 0.1) is 5.39 Å². The third kappa shape index (κ3) is 2.14. The van der Waals surface area contributed by atoms with Gasteiger partial charge in [-0.1, -0.05) is 30.0 Å². The Kier molecular flexibility index (Phi) is 2.66. The van der Waals surface area contributed by atoms with Gasteiger partial charge in [-0.3, -0.25) is 0 Å². The molecule has 0 atom stereocenters. The molecule has 3 aromatic rings. The highest BCUT2D eigenvalue weighted by Gasteiger charge is 2.06. The number of hydrogen-bond acceptors (Lipinski definition) is 3. The molecule has 4 nitrogen and oxygen atoms in total. The Hall–Kier alpha value is -2.80. The molecule has 0 spiro atoms. The second-order valence-electron chi connectivity index (χ2n) is 4.22. The molecule has 0 aliphatic carbocycles. The summed E-state index contributed by atoms with van der Waals surface area (Å²) in [5.41, 5.74) is 8.40. The fourth-order valence-corrected chi connectivity index (χ4v) is 1.90. The maximum absolute atomic E-state index is 5.83. The van der Waals surface area contributed by atoms with E-state index >= 15 is 0 Å². The van der Waals surface area contributed by atoms with Crippen molar-refractivity contribution in [3.05, 3.63) is 53.7 Å². The number of nitrogens with zero attached hydrogens (tertiary/aromatic N) is 3. The highest BCUT2D eigenvalue weighted by molar-refractivity contribution is 5.87. The number of anilines is 1.